The van der Waals surface area contributed by atoms with E-state index in [4.69, 9.17) is 0 Å². The van der Waals surface area contributed by atoms with Crippen molar-refractivity contribution in [2.24, 2.45) is 5.92 Å². The predicted octanol–water partition coefficient (Wildman–Crippen LogP) is 6.29. The van der Waals surface area contributed by atoms with Crippen LogP contribution in [0.3, 0.4) is 0 Å². The summed E-state index contributed by atoms with van der Waals surface area (Å²) >= 11 is 0. The number of rotatable bonds is 8. The second-order valence-electron chi connectivity index (χ2n) is 11.5. The molecule has 0 amide bonds. The lowest BCUT2D eigenvalue weighted by molar-refractivity contribution is -0.0154. The molecule has 4 aromatic carbocycles. The lowest BCUT2D eigenvalue weighted by Gasteiger charge is -2.45. The van der Waals surface area contributed by atoms with Gasteiger partial charge < -0.3 is 10.0 Å². The van der Waals surface area contributed by atoms with Gasteiger partial charge in [0.05, 0.1) is 0 Å². The molecule has 4 nitrogen and oxygen atoms in total. The van der Waals surface area contributed by atoms with Gasteiger partial charge >= 0.3 is 0 Å². The van der Waals surface area contributed by atoms with E-state index in [1.165, 1.54) is 11.4 Å². The number of piperazine rings is 1. The molecule has 0 bridgehead atoms. The molecule has 0 radical (unpaired) electrons. The van der Waals surface area contributed by atoms with Crippen molar-refractivity contribution in [3.63, 3.8) is 0 Å². The standard InChI is InChI=1S/C36H42N3O/c40-36(31-13-5-1-6-14-31,32-15-7-2-8-16-32)33-21-23-37(24-22-33)25-26-38-27-29-39(30-28-38,34-17-9-3-10-18-34)35-19-11-4-12-20-35/h1-20,33,40H,21-30H2/q+1. The van der Waals surface area contributed by atoms with Gasteiger partial charge in [-0.25, -0.2) is 0 Å². The van der Waals surface area contributed by atoms with E-state index in [1.54, 1.807) is 0 Å². The van der Waals surface area contributed by atoms with Gasteiger partial charge in [0.1, 0.15) is 30.1 Å². The summed E-state index contributed by atoms with van der Waals surface area (Å²) < 4.78 is 0.932. The highest BCUT2D eigenvalue weighted by molar-refractivity contribution is 5.58. The van der Waals surface area contributed by atoms with Crippen LogP contribution in [0.1, 0.15) is 24.0 Å². The topological polar surface area (TPSA) is 26.7 Å². The van der Waals surface area contributed by atoms with Crippen LogP contribution in [-0.2, 0) is 5.60 Å². The maximum atomic E-state index is 12.2. The van der Waals surface area contributed by atoms with Crippen LogP contribution < -0.4 is 4.48 Å². The maximum Gasteiger partial charge on any atom is 0.137 e. The largest absolute Gasteiger partial charge is 0.380 e. The third-order valence-corrected chi connectivity index (χ3v) is 9.44. The van der Waals surface area contributed by atoms with Crippen LogP contribution in [0.2, 0.25) is 0 Å². The number of piperidine rings is 1. The van der Waals surface area contributed by atoms with Crippen LogP contribution in [0.15, 0.2) is 121 Å². The molecule has 4 heteroatoms. The van der Waals surface area contributed by atoms with Gasteiger partial charge in [0, 0.05) is 26.2 Å². The first kappa shape index (κ1) is 26.9. The molecular formula is C36H42N3O+. The maximum absolute atomic E-state index is 12.2. The Morgan fingerprint density at radius 3 is 1.35 bits per heavy atom. The highest BCUT2D eigenvalue weighted by atomic mass is 16.3. The number of hydrogen-bond donors (Lipinski definition) is 1. The van der Waals surface area contributed by atoms with E-state index in [-0.39, 0.29) is 5.92 Å². The van der Waals surface area contributed by atoms with E-state index in [1.807, 2.05) is 36.4 Å². The van der Waals surface area contributed by atoms with Gasteiger partial charge in [0.25, 0.3) is 0 Å². The van der Waals surface area contributed by atoms with Gasteiger partial charge in [-0.05, 0) is 67.2 Å². The molecule has 40 heavy (non-hydrogen) atoms. The smallest absolute Gasteiger partial charge is 0.137 e. The molecule has 206 valence electrons. The number of hydrogen-bond acceptors (Lipinski definition) is 3. The molecule has 2 heterocycles. The minimum atomic E-state index is -0.947. The normalized spacial score (nSPS) is 18.9. The fourth-order valence-corrected chi connectivity index (χ4v) is 7.04. The molecule has 2 aliphatic rings. The Morgan fingerprint density at radius 2 is 0.925 bits per heavy atom. The van der Waals surface area contributed by atoms with Crippen LogP contribution in [-0.4, -0.2) is 67.3 Å². The highest BCUT2D eigenvalue weighted by Gasteiger charge is 2.42. The van der Waals surface area contributed by atoms with E-state index in [0.717, 1.165) is 80.8 Å². The summed E-state index contributed by atoms with van der Waals surface area (Å²) in [5, 5.41) is 12.2. The van der Waals surface area contributed by atoms with Crippen LogP contribution in [0.4, 0.5) is 11.4 Å². The van der Waals surface area contributed by atoms with Crippen molar-refractivity contribution in [1.29, 1.82) is 0 Å². The number of aliphatic hydroxyl groups is 1. The zero-order valence-electron chi connectivity index (χ0n) is 23.5. The van der Waals surface area contributed by atoms with Crippen LogP contribution in [0, 0.1) is 5.92 Å². The first-order valence-corrected chi connectivity index (χ1v) is 14.9. The van der Waals surface area contributed by atoms with Crippen molar-refractivity contribution < 1.29 is 5.11 Å². The first-order chi connectivity index (χ1) is 19.7. The van der Waals surface area contributed by atoms with Gasteiger partial charge in [0.15, 0.2) is 0 Å². The van der Waals surface area contributed by atoms with Gasteiger partial charge in [-0.3, -0.25) is 9.38 Å². The first-order valence-electron chi connectivity index (χ1n) is 14.9. The predicted molar refractivity (Wildman–Crippen MR) is 166 cm³/mol. The fourth-order valence-electron chi connectivity index (χ4n) is 7.04. The summed E-state index contributed by atoms with van der Waals surface area (Å²) in [4.78, 5) is 5.26. The number of benzene rings is 4. The van der Waals surface area contributed by atoms with E-state index >= 15 is 0 Å². The summed E-state index contributed by atoms with van der Waals surface area (Å²) in [5.41, 5.74) is 3.84. The Labute approximate surface area is 239 Å². The van der Waals surface area contributed by atoms with Crippen molar-refractivity contribution in [2.45, 2.75) is 18.4 Å². The SMILES string of the molecule is OC(c1ccccc1)(c1ccccc1)C1CCN(CCN2CC[N+](c3ccccc3)(c3ccccc3)CC2)CC1. The van der Waals surface area contributed by atoms with Crippen molar-refractivity contribution >= 4 is 11.4 Å². The Bertz CT molecular complexity index is 1230. The molecule has 0 saturated carbocycles. The lowest BCUT2D eigenvalue weighted by atomic mass is 9.72. The van der Waals surface area contributed by atoms with Crippen LogP contribution >= 0.6 is 0 Å². The average Bonchev–Trinajstić information content (AvgIpc) is 3.05. The molecule has 4 aromatic rings. The molecular weight excluding hydrogens is 490 g/mol. The summed E-state index contributed by atoms with van der Waals surface area (Å²) in [6.07, 6.45) is 2.00. The molecule has 1 N–H and O–H groups in total. The number of nitrogens with zero attached hydrogens (tertiary/aromatic N) is 3. The summed E-state index contributed by atoms with van der Waals surface area (Å²) in [5.74, 6) is 0.207. The molecule has 2 aliphatic heterocycles. The Balaban J connectivity index is 1.07. The van der Waals surface area contributed by atoms with E-state index in [2.05, 4.69) is 94.7 Å². The lowest BCUT2D eigenvalue weighted by Crippen LogP contribution is -2.58. The van der Waals surface area contributed by atoms with Gasteiger partial charge in [-0.2, -0.15) is 0 Å². The molecule has 6 rings (SSSR count). The average molecular weight is 533 g/mol. The Kier molecular flexibility index (Phi) is 8.12. The van der Waals surface area contributed by atoms with Gasteiger partial charge in [0.2, 0.25) is 0 Å². The minimum absolute atomic E-state index is 0.207. The van der Waals surface area contributed by atoms with Crippen molar-refractivity contribution in [2.75, 3.05) is 52.4 Å². The monoisotopic (exact) mass is 532 g/mol. The van der Waals surface area contributed by atoms with Gasteiger partial charge in [-0.1, -0.05) is 97.1 Å². The quantitative estimate of drug-likeness (QED) is 0.270. The molecule has 2 fully saturated rings. The minimum Gasteiger partial charge on any atom is -0.380 e. The number of para-hydroxylation sites is 2. The van der Waals surface area contributed by atoms with Gasteiger partial charge in [-0.15, -0.1) is 0 Å². The van der Waals surface area contributed by atoms with Crippen molar-refractivity contribution in [1.82, 2.24) is 14.3 Å². The van der Waals surface area contributed by atoms with E-state index in [0.29, 0.717) is 0 Å². The Hall–Kier alpha value is -3.28. The van der Waals surface area contributed by atoms with Crippen molar-refractivity contribution in [3.8, 4) is 0 Å². The van der Waals surface area contributed by atoms with E-state index < -0.39 is 5.60 Å². The molecule has 2 saturated heterocycles. The molecule has 0 aromatic heterocycles. The summed E-state index contributed by atoms with van der Waals surface area (Å²) in [6.45, 7) is 8.66. The van der Waals surface area contributed by atoms with Crippen LogP contribution in [0.25, 0.3) is 0 Å². The Morgan fingerprint density at radius 1 is 0.550 bits per heavy atom. The highest BCUT2D eigenvalue weighted by Crippen LogP contribution is 2.42. The van der Waals surface area contributed by atoms with Crippen molar-refractivity contribution in [3.05, 3.63) is 132 Å². The van der Waals surface area contributed by atoms with Crippen LogP contribution in [0.5, 0.6) is 0 Å². The van der Waals surface area contributed by atoms with E-state index in [9.17, 15) is 5.11 Å². The third kappa shape index (κ3) is 5.37. The fraction of sp³-hybridized carbons (Fsp3) is 0.333. The molecule has 0 aliphatic carbocycles. The second-order valence-corrected chi connectivity index (χ2v) is 11.5. The zero-order valence-corrected chi connectivity index (χ0v) is 23.5. The molecule has 0 spiro atoms. The summed E-state index contributed by atoms with van der Waals surface area (Å²) in [7, 11) is 0. The summed E-state index contributed by atoms with van der Waals surface area (Å²) in [6, 6.07) is 42.6. The second kappa shape index (κ2) is 12.1. The third-order valence-electron chi connectivity index (χ3n) is 9.44. The molecule has 0 atom stereocenters. The number of likely N-dealkylation sites (tertiary alicyclic amines) is 1. The molecule has 0 unspecified atom stereocenters. The number of quaternary nitrogens is 1. The zero-order chi connectivity index (χ0) is 27.3.